The standard InChI is InChI=1S/C18H12F3N3O3/c19-18(20,21)13-4-2-5-14(8-13)23-10-12(9-22)16(25)24-15-6-1-3-11(7-15)17(26)27/h1-8,10,23H,(H,24,25)(H,26,27)/b12-10-. The van der Waals surface area contributed by atoms with E-state index in [2.05, 4.69) is 10.6 Å². The number of rotatable bonds is 5. The molecule has 2 rings (SSSR count). The Bertz CT molecular complexity index is 947. The van der Waals surface area contributed by atoms with Gasteiger partial charge in [-0.15, -0.1) is 0 Å². The first-order chi connectivity index (χ1) is 12.7. The number of hydrogen-bond acceptors (Lipinski definition) is 4. The van der Waals surface area contributed by atoms with Gasteiger partial charge in [0.25, 0.3) is 5.91 Å². The highest BCUT2D eigenvalue weighted by Gasteiger charge is 2.30. The summed E-state index contributed by atoms with van der Waals surface area (Å²) in [4.78, 5) is 23.0. The Morgan fingerprint density at radius 1 is 1.07 bits per heavy atom. The number of halogens is 3. The van der Waals surface area contributed by atoms with Gasteiger partial charge in [0.2, 0.25) is 0 Å². The quantitative estimate of drug-likeness (QED) is 0.544. The molecule has 0 fully saturated rings. The van der Waals surface area contributed by atoms with E-state index in [-0.39, 0.29) is 16.9 Å². The van der Waals surface area contributed by atoms with Crippen LogP contribution in [0, 0.1) is 11.3 Å². The van der Waals surface area contributed by atoms with Gasteiger partial charge in [-0.1, -0.05) is 12.1 Å². The third-order valence-electron chi connectivity index (χ3n) is 3.31. The van der Waals surface area contributed by atoms with Crippen LogP contribution in [0.5, 0.6) is 0 Å². The van der Waals surface area contributed by atoms with Crippen molar-refractivity contribution in [1.29, 1.82) is 5.26 Å². The molecule has 0 aliphatic heterocycles. The molecule has 9 heteroatoms. The van der Waals surface area contributed by atoms with E-state index in [0.29, 0.717) is 0 Å². The van der Waals surface area contributed by atoms with Crippen molar-refractivity contribution in [2.24, 2.45) is 0 Å². The number of nitriles is 1. The van der Waals surface area contributed by atoms with Gasteiger partial charge in [0, 0.05) is 17.6 Å². The number of nitrogens with one attached hydrogen (secondary N) is 2. The Morgan fingerprint density at radius 2 is 1.74 bits per heavy atom. The van der Waals surface area contributed by atoms with E-state index in [1.165, 1.54) is 36.4 Å². The number of benzene rings is 2. The molecular formula is C18H12F3N3O3. The first kappa shape index (κ1) is 19.5. The zero-order valence-electron chi connectivity index (χ0n) is 13.5. The molecule has 0 heterocycles. The molecule has 1 amide bonds. The molecule has 27 heavy (non-hydrogen) atoms. The second-order valence-corrected chi connectivity index (χ2v) is 5.23. The number of carbonyl (C=O) groups is 2. The molecule has 0 atom stereocenters. The SMILES string of the molecule is N#C/C(=C/Nc1cccc(C(F)(F)F)c1)C(=O)Nc1cccc(C(=O)O)c1. The lowest BCUT2D eigenvalue weighted by Gasteiger charge is -2.09. The smallest absolute Gasteiger partial charge is 0.416 e. The van der Waals surface area contributed by atoms with Crippen molar-refractivity contribution in [3.05, 3.63) is 71.4 Å². The number of aromatic carboxylic acids is 1. The summed E-state index contributed by atoms with van der Waals surface area (Å²) >= 11 is 0. The average Bonchev–Trinajstić information content (AvgIpc) is 2.62. The van der Waals surface area contributed by atoms with Crippen molar-refractivity contribution >= 4 is 23.3 Å². The largest absolute Gasteiger partial charge is 0.478 e. The van der Waals surface area contributed by atoms with Crippen LogP contribution in [-0.2, 0) is 11.0 Å². The first-order valence-electron chi connectivity index (χ1n) is 7.39. The lowest BCUT2D eigenvalue weighted by Crippen LogP contribution is -2.15. The van der Waals surface area contributed by atoms with Gasteiger partial charge >= 0.3 is 12.1 Å². The number of anilines is 2. The highest BCUT2D eigenvalue weighted by molar-refractivity contribution is 6.07. The molecule has 2 aromatic rings. The van der Waals surface area contributed by atoms with E-state index in [1.807, 2.05) is 0 Å². The zero-order chi connectivity index (χ0) is 20.0. The van der Waals surface area contributed by atoms with Gasteiger partial charge in [0.15, 0.2) is 0 Å². The molecule has 0 bridgehead atoms. The fraction of sp³-hybridized carbons (Fsp3) is 0.0556. The maximum absolute atomic E-state index is 12.7. The van der Waals surface area contributed by atoms with Crippen molar-refractivity contribution in [3.63, 3.8) is 0 Å². The summed E-state index contributed by atoms with van der Waals surface area (Å²) in [6.07, 6.45) is -3.56. The van der Waals surface area contributed by atoms with Gasteiger partial charge in [-0.2, -0.15) is 18.4 Å². The molecule has 0 saturated carbocycles. The molecule has 0 spiro atoms. The molecule has 2 aromatic carbocycles. The minimum atomic E-state index is -4.52. The number of carboxylic acid groups (broad SMARTS) is 1. The Hall–Kier alpha value is -3.80. The lowest BCUT2D eigenvalue weighted by atomic mass is 10.2. The number of amides is 1. The first-order valence-corrected chi connectivity index (χ1v) is 7.39. The maximum atomic E-state index is 12.7. The lowest BCUT2D eigenvalue weighted by molar-refractivity contribution is -0.137. The van der Waals surface area contributed by atoms with Crippen LogP contribution in [0.3, 0.4) is 0 Å². The summed E-state index contributed by atoms with van der Waals surface area (Å²) in [5.74, 6) is -2.03. The Kier molecular flexibility index (Phi) is 5.82. The van der Waals surface area contributed by atoms with Gasteiger partial charge in [0.1, 0.15) is 11.6 Å². The third-order valence-corrected chi connectivity index (χ3v) is 3.31. The molecule has 0 aromatic heterocycles. The van der Waals surface area contributed by atoms with Crippen LogP contribution in [0.25, 0.3) is 0 Å². The van der Waals surface area contributed by atoms with Crippen molar-refractivity contribution in [2.45, 2.75) is 6.18 Å². The normalized spacial score (nSPS) is 11.4. The van der Waals surface area contributed by atoms with E-state index >= 15 is 0 Å². The summed E-state index contributed by atoms with van der Waals surface area (Å²) in [5, 5.41) is 22.8. The zero-order valence-corrected chi connectivity index (χ0v) is 13.5. The molecule has 138 valence electrons. The summed E-state index contributed by atoms with van der Waals surface area (Å²) < 4.78 is 38.1. The van der Waals surface area contributed by atoms with Gasteiger partial charge in [-0.25, -0.2) is 4.79 Å². The highest BCUT2D eigenvalue weighted by Crippen LogP contribution is 2.30. The molecule has 0 aliphatic carbocycles. The van der Waals surface area contributed by atoms with Crippen LogP contribution in [-0.4, -0.2) is 17.0 Å². The highest BCUT2D eigenvalue weighted by atomic mass is 19.4. The number of nitrogens with zero attached hydrogens (tertiary/aromatic N) is 1. The van der Waals surface area contributed by atoms with Crippen molar-refractivity contribution in [2.75, 3.05) is 10.6 Å². The van der Waals surface area contributed by atoms with Crippen LogP contribution in [0.4, 0.5) is 24.5 Å². The average molecular weight is 375 g/mol. The third kappa shape index (κ3) is 5.34. The van der Waals surface area contributed by atoms with E-state index in [1.54, 1.807) is 6.07 Å². The fourth-order valence-electron chi connectivity index (χ4n) is 2.02. The predicted molar refractivity (Wildman–Crippen MR) is 90.8 cm³/mol. The van der Waals surface area contributed by atoms with E-state index in [0.717, 1.165) is 18.3 Å². The fourth-order valence-corrected chi connectivity index (χ4v) is 2.02. The van der Waals surface area contributed by atoms with Crippen LogP contribution >= 0.6 is 0 Å². The summed E-state index contributed by atoms with van der Waals surface area (Å²) in [5.41, 5.74) is -1.15. The predicted octanol–water partition coefficient (Wildman–Crippen LogP) is 3.86. The minimum absolute atomic E-state index is 0.0400. The van der Waals surface area contributed by atoms with E-state index in [4.69, 9.17) is 10.4 Å². The number of hydrogen-bond donors (Lipinski definition) is 3. The minimum Gasteiger partial charge on any atom is -0.478 e. The summed E-state index contributed by atoms with van der Waals surface area (Å²) in [6.45, 7) is 0. The molecule has 6 nitrogen and oxygen atoms in total. The van der Waals surface area contributed by atoms with Gasteiger partial charge in [-0.3, -0.25) is 4.79 Å². The number of carbonyl (C=O) groups excluding carboxylic acids is 1. The number of alkyl halides is 3. The summed E-state index contributed by atoms with van der Waals surface area (Å²) in [6, 6.07) is 11.2. The van der Waals surface area contributed by atoms with Crippen LogP contribution in [0.1, 0.15) is 15.9 Å². The Morgan fingerprint density at radius 3 is 2.37 bits per heavy atom. The van der Waals surface area contributed by atoms with E-state index < -0.39 is 29.2 Å². The Balaban J connectivity index is 2.14. The van der Waals surface area contributed by atoms with Crippen molar-refractivity contribution in [1.82, 2.24) is 0 Å². The van der Waals surface area contributed by atoms with E-state index in [9.17, 15) is 22.8 Å². The monoisotopic (exact) mass is 375 g/mol. The van der Waals surface area contributed by atoms with Crippen LogP contribution < -0.4 is 10.6 Å². The molecule has 3 N–H and O–H groups in total. The number of carboxylic acids is 1. The van der Waals surface area contributed by atoms with Crippen LogP contribution in [0.15, 0.2) is 60.3 Å². The maximum Gasteiger partial charge on any atom is 0.416 e. The van der Waals surface area contributed by atoms with Gasteiger partial charge in [0.05, 0.1) is 11.1 Å². The molecule has 0 aliphatic rings. The van der Waals surface area contributed by atoms with Gasteiger partial charge in [-0.05, 0) is 36.4 Å². The van der Waals surface area contributed by atoms with Crippen molar-refractivity contribution in [3.8, 4) is 6.07 Å². The molecular weight excluding hydrogens is 363 g/mol. The molecule has 0 saturated heterocycles. The topological polar surface area (TPSA) is 102 Å². The second-order valence-electron chi connectivity index (χ2n) is 5.23. The second kappa shape index (κ2) is 8.05. The Labute approximate surface area is 151 Å². The van der Waals surface area contributed by atoms with Gasteiger partial charge < -0.3 is 15.7 Å². The molecule has 0 radical (unpaired) electrons. The molecule has 0 unspecified atom stereocenters. The summed E-state index contributed by atoms with van der Waals surface area (Å²) in [7, 11) is 0. The van der Waals surface area contributed by atoms with Crippen LogP contribution in [0.2, 0.25) is 0 Å². The van der Waals surface area contributed by atoms with Crippen molar-refractivity contribution < 1.29 is 27.9 Å².